The van der Waals surface area contributed by atoms with E-state index in [1.54, 1.807) is 11.0 Å². The first-order valence-corrected chi connectivity index (χ1v) is 15.9. The molecule has 0 radical (unpaired) electrons. The molecule has 0 saturated heterocycles. The van der Waals surface area contributed by atoms with Gasteiger partial charge in [0.05, 0.1) is 0 Å². The van der Waals surface area contributed by atoms with Gasteiger partial charge in [0.25, 0.3) is 0 Å². The molecular weight excluding hydrogens is 474 g/mol. The summed E-state index contributed by atoms with van der Waals surface area (Å²) in [6.45, 7) is 4.74. The highest BCUT2D eigenvalue weighted by molar-refractivity contribution is 5.96. The van der Waals surface area contributed by atoms with Crippen LogP contribution in [-0.4, -0.2) is 40.9 Å². The minimum atomic E-state index is -0.106. The first-order valence-electron chi connectivity index (χ1n) is 15.9. The fraction of sp³-hybridized carbons (Fsp3) is 0.844. The van der Waals surface area contributed by atoms with E-state index >= 15 is 0 Å². The van der Waals surface area contributed by atoms with Crippen LogP contribution in [0, 0.1) is 34.5 Å². The molecule has 4 unspecified atom stereocenters. The lowest BCUT2D eigenvalue weighted by Crippen LogP contribution is -2.60. The molecule has 210 valence electrons. The number of nitrogens with zero attached hydrogens (tertiary/aromatic N) is 1. The Bertz CT molecular complexity index is 967. The molecule has 6 rings (SSSR count). The van der Waals surface area contributed by atoms with Crippen LogP contribution in [0.2, 0.25) is 0 Å². The van der Waals surface area contributed by atoms with Crippen LogP contribution >= 0.6 is 0 Å². The third kappa shape index (κ3) is 4.42. The van der Waals surface area contributed by atoms with E-state index in [2.05, 4.69) is 30.6 Å². The van der Waals surface area contributed by atoms with Gasteiger partial charge in [-0.25, -0.2) is 4.79 Å². The predicted octanol–water partition coefficient (Wildman–Crippen LogP) is 6.10. The van der Waals surface area contributed by atoms with E-state index in [9.17, 15) is 14.4 Å². The molecule has 0 aromatic carbocycles. The Labute approximate surface area is 229 Å². The molecule has 0 aromatic rings. The number of nitrogens with one attached hydrogen (secondary N) is 2. The zero-order chi connectivity index (χ0) is 26.5. The summed E-state index contributed by atoms with van der Waals surface area (Å²) in [5.74, 6) is 1.78. The molecule has 6 heteroatoms. The summed E-state index contributed by atoms with van der Waals surface area (Å²) >= 11 is 0. The summed E-state index contributed by atoms with van der Waals surface area (Å²) in [4.78, 5) is 42.1. The van der Waals surface area contributed by atoms with Gasteiger partial charge in [0.1, 0.15) is 0 Å². The summed E-state index contributed by atoms with van der Waals surface area (Å²) in [5.41, 5.74) is -0.0324. The molecule has 38 heavy (non-hydrogen) atoms. The van der Waals surface area contributed by atoms with Crippen LogP contribution in [0.5, 0.6) is 0 Å². The summed E-state index contributed by atoms with van der Waals surface area (Å²) in [6, 6.07) is 0.405. The van der Waals surface area contributed by atoms with Gasteiger partial charge in [-0.3, -0.25) is 14.5 Å². The average molecular weight is 524 g/mol. The second-order valence-electron chi connectivity index (χ2n) is 14.2. The third-order valence-electron chi connectivity index (χ3n) is 12.3. The number of carbonyl (C=O) groups excluding carboxylic acids is 3. The van der Waals surface area contributed by atoms with Crippen LogP contribution in [0.25, 0.3) is 0 Å². The van der Waals surface area contributed by atoms with Crippen LogP contribution in [0.3, 0.4) is 0 Å². The molecule has 2 N–H and O–H groups in total. The standard InChI is InChI=1S/C32H49N3O3/c1-31-19-17-25-23(13-16-27-32(25,2)20-18-28(36)34-27)24(31)14-15-26(31)29(37)35(22-11-7-4-8-12-22)30(38)33-21-9-5-3-6-10-21/h18,20-27H,3-17,19H2,1-2H3,(H,33,38)(H,34,36)/t23?,24?,25?,26?,27-,31+,32-/m1/s1. The van der Waals surface area contributed by atoms with Crippen LogP contribution in [0.4, 0.5) is 4.79 Å². The molecule has 6 aliphatic rings. The van der Waals surface area contributed by atoms with Gasteiger partial charge in [-0.05, 0) is 93.5 Å². The first kappa shape index (κ1) is 26.4. The molecule has 0 aromatic heterocycles. The van der Waals surface area contributed by atoms with Crippen molar-refractivity contribution in [3.63, 3.8) is 0 Å². The van der Waals surface area contributed by atoms with Crippen molar-refractivity contribution in [2.45, 2.75) is 135 Å². The molecule has 6 nitrogen and oxygen atoms in total. The Kier molecular flexibility index (Phi) is 7.14. The van der Waals surface area contributed by atoms with Crippen molar-refractivity contribution in [1.29, 1.82) is 0 Å². The Balaban J connectivity index is 1.23. The van der Waals surface area contributed by atoms with Crippen LogP contribution in [-0.2, 0) is 9.59 Å². The van der Waals surface area contributed by atoms with E-state index in [4.69, 9.17) is 0 Å². The zero-order valence-electron chi connectivity index (χ0n) is 23.7. The molecule has 0 spiro atoms. The van der Waals surface area contributed by atoms with Gasteiger partial charge in [-0.1, -0.05) is 58.4 Å². The van der Waals surface area contributed by atoms with Gasteiger partial charge in [0.15, 0.2) is 0 Å². The summed E-state index contributed by atoms with van der Waals surface area (Å²) in [6.07, 6.45) is 21.3. The minimum Gasteiger partial charge on any atom is -0.349 e. The van der Waals surface area contributed by atoms with Gasteiger partial charge in [-0.2, -0.15) is 0 Å². The van der Waals surface area contributed by atoms with E-state index in [0.717, 1.165) is 77.0 Å². The van der Waals surface area contributed by atoms with E-state index in [0.29, 0.717) is 17.8 Å². The largest absolute Gasteiger partial charge is 0.349 e. The Morgan fingerprint density at radius 1 is 0.868 bits per heavy atom. The SMILES string of the molecule is C[C@]12CCC3C(CC[C@H]4NC(=O)C=C[C@]34C)C1CCC2C(=O)N(C(=O)NC1CCCCC1)C1CCCCC1. The van der Waals surface area contributed by atoms with Gasteiger partial charge >= 0.3 is 6.03 Å². The van der Waals surface area contributed by atoms with E-state index in [1.807, 2.05) is 0 Å². The maximum Gasteiger partial charge on any atom is 0.324 e. The second kappa shape index (κ2) is 10.3. The minimum absolute atomic E-state index is 0.00820. The van der Waals surface area contributed by atoms with Crippen molar-refractivity contribution in [2.75, 3.05) is 0 Å². The maximum atomic E-state index is 14.5. The molecule has 4 amide bonds. The molecule has 7 atom stereocenters. The highest BCUT2D eigenvalue weighted by Gasteiger charge is 2.61. The Hall–Kier alpha value is -1.85. The Morgan fingerprint density at radius 3 is 2.32 bits per heavy atom. The average Bonchev–Trinajstić information content (AvgIpc) is 3.27. The molecule has 5 aliphatic carbocycles. The second-order valence-corrected chi connectivity index (χ2v) is 14.2. The number of urea groups is 1. The summed E-state index contributed by atoms with van der Waals surface area (Å²) in [7, 11) is 0. The number of rotatable bonds is 3. The van der Waals surface area contributed by atoms with Crippen molar-refractivity contribution in [1.82, 2.24) is 15.5 Å². The van der Waals surface area contributed by atoms with Crippen molar-refractivity contribution in [2.24, 2.45) is 34.5 Å². The fourth-order valence-electron chi connectivity index (χ4n) is 10.2. The van der Waals surface area contributed by atoms with Gasteiger partial charge in [0.2, 0.25) is 11.8 Å². The number of hydrogen-bond acceptors (Lipinski definition) is 3. The third-order valence-corrected chi connectivity index (χ3v) is 12.3. The molecule has 1 aliphatic heterocycles. The van der Waals surface area contributed by atoms with E-state index in [1.165, 1.54) is 25.7 Å². The number of amides is 4. The highest BCUT2D eigenvalue weighted by atomic mass is 16.2. The quantitative estimate of drug-likeness (QED) is 0.469. The van der Waals surface area contributed by atoms with Crippen molar-refractivity contribution in [3.05, 3.63) is 12.2 Å². The van der Waals surface area contributed by atoms with Crippen LogP contribution in [0.15, 0.2) is 12.2 Å². The number of hydrogen-bond donors (Lipinski definition) is 2. The summed E-state index contributed by atoms with van der Waals surface area (Å²) in [5, 5.41) is 6.57. The van der Waals surface area contributed by atoms with E-state index in [-0.39, 0.29) is 52.7 Å². The van der Waals surface area contributed by atoms with Crippen LogP contribution < -0.4 is 10.6 Å². The topological polar surface area (TPSA) is 78.5 Å². The van der Waals surface area contributed by atoms with Crippen LogP contribution in [0.1, 0.15) is 117 Å². The fourth-order valence-corrected chi connectivity index (χ4v) is 10.2. The van der Waals surface area contributed by atoms with Gasteiger partial charge < -0.3 is 10.6 Å². The monoisotopic (exact) mass is 523 g/mol. The molecule has 1 heterocycles. The molecule has 5 saturated carbocycles. The molecule has 0 bridgehead atoms. The number of carbonyl (C=O) groups is 3. The van der Waals surface area contributed by atoms with E-state index < -0.39 is 0 Å². The normalized spacial score (nSPS) is 41.4. The van der Waals surface area contributed by atoms with Gasteiger partial charge in [0, 0.05) is 29.5 Å². The lowest BCUT2D eigenvalue weighted by molar-refractivity contribution is -0.143. The lowest BCUT2D eigenvalue weighted by Gasteiger charge is -2.58. The zero-order valence-corrected chi connectivity index (χ0v) is 23.7. The van der Waals surface area contributed by atoms with Crippen molar-refractivity contribution in [3.8, 4) is 0 Å². The van der Waals surface area contributed by atoms with Crippen molar-refractivity contribution < 1.29 is 14.4 Å². The molecular formula is C32H49N3O3. The van der Waals surface area contributed by atoms with Crippen molar-refractivity contribution >= 4 is 17.8 Å². The Morgan fingerprint density at radius 2 is 1.58 bits per heavy atom. The first-order chi connectivity index (χ1) is 18.3. The van der Waals surface area contributed by atoms with Gasteiger partial charge in [-0.15, -0.1) is 0 Å². The predicted molar refractivity (Wildman–Crippen MR) is 148 cm³/mol. The smallest absolute Gasteiger partial charge is 0.324 e. The molecule has 5 fully saturated rings. The number of imide groups is 1. The maximum absolute atomic E-state index is 14.5. The number of fused-ring (bicyclic) bond motifs is 5. The summed E-state index contributed by atoms with van der Waals surface area (Å²) < 4.78 is 0. The highest BCUT2D eigenvalue weighted by Crippen LogP contribution is 2.65. The lowest BCUT2D eigenvalue weighted by atomic mass is 9.48.